The first-order chi connectivity index (χ1) is 11.7. The Kier molecular flexibility index (Phi) is 6.19. The second-order valence-corrected chi connectivity index (χ2v) is 4.60. The van der Waals surface area contributed by atoms with Crippen LogP contribution in [0.1, 0.15) is 34.6 Å². The van der Waals surface area contributed by atoms with E-state index in [1.807, 2.05) is 0 Å². The average molecular weight is 330 g/mol. The fourth-order valence-electron chi connectivity index (χ4n) is 2.00. The summed E-state index contributed by atoms with van der Waals surface area (Å²) in [6.45, 7) is 4.39. The molecule has 0 atom stereocenters. The van der Waals surface area contributed by atoms with Gasteiger partial charge in [-0.1, -0.05) is 24.3 Å². The molecule has 0 saturated carbocycles. The summed E-state index contributed by atoms with van der Waals surface area (Å²) in [6, 6.07) is 13.1. The summed E-state index contributed by atoms with van der Waals surface area (Å²) >= 11 is 0. The molecule has 0 amide bonds. The number of carbonyl (C=O) groups is 2. The monoisotopic (exact) mass is 330 g/mol. The zero-order valence-electron chi connectivity index (χ0n) is 13.5. The predicted molar refractivity (Wildman–Crippen MR) is 86.1 cm³/mol. The van der Waals surface area contributed by atoms with E-state index in [2.05, 4.69) is 9.78 Å². The third kappa shape index (κ3) is 4.25. The van der Waals surface area contributed by atoms with E-state index in [0.29, 0.717) is 24.7 Å². The maximum Gasteiger partial charge on any atom is 0.390 e. The average Bonchev–Trinajstić information content (AvgIpc) is 2.61. The minimum Gasteiger partial charge on any atom is -0.493 e. The van der Waals surface area contributed by atoms with Crippen molar-refractivity contribution in [2.45, 2.75) is 13.8 Å². The molecule has 0 saturated heterocycles. The van der Waals surface area contributed by atoms with Crippen LogP contribution in [0.4, 0.5) is 0 Å². The number of hydrogen-bond donors (Lipinski definition) is 0. The van der Waals surface area contributed by atoms with Gasteiger partial charge in [-0.25, -0.2) is 19.4 Å². The van der Waals surface area contributed by atoms with Crippen LogP contribution in [0.15, 0.2) is 48.5 Å². The largest absolute Gasteiger partial charge is 0.493 e. The van der Waals surface area contributed by atoms with Crippen LogP contribution in [-0.2, 0) is 9.78 Å². The highest BCUT2D eigenvalue weighted by Crippen LogP contribution is 2.21. The van der Waals surface area contributed by atoms with Crippen molar-refractivity contribution >= 4 is 11.9 Å². The minimum atomic E-state index is -0.818. The Morgan fingerprint density at radius 1 is 0.708 bits per heavy atom. The lowest BCUT2D eigenvalue weighted by molar-refractivity contribution is -0.187. The Hall–Kier alpha value is -3.02. The molecule has 0 fully saturated rings. The molecule has 0 aliphatic carbocycles. The smallest absolute Gasteiger partial charge is 0.390 e. The van der Waals surface area contributed by atoms with Crippen molar-refractivity contribution in [1.82, 2.24) is 0 Å². The molecule has 0 spiro atoms. The molecule has 0 radical (unpaired) electrons. The van der Waals surface area contributed by atoms with Crippen molar-refractivity contribution in [1.29, 1.82) is 0 Å². The van der Waals surface area contributed by atoms with Gasteiger partial charge in [0.25, 0.3) is 0 Å². The van der Waals surface area contributed by atoms with Crippen LogP contribution in [0.25, 0.3) is 0 Å². The quantitative estimate of drug-likeness (QED) is 0.597. The second-order valence-electron chi connectivity index (χ2n) is 4.60. The molecule has 0 unspecified atom stereocenters. The highest BCUT2D eigenvalue weighted by atomic mass is 17.2. The van der Waals surface area contributed by atoms with Crippen LogP contribution in [0, 0.1) is 0 Å². The second kappa shape index (κ2) is 8.57. The van der Waals surface area contributed by atoms with Crippen molar-refractivity contribution < 1.29 is 28.8 Å². The van der Waals surface area contributed by atoms with Gasteiger partial charge < -0.3 is 9.47 Å². The van der Waals surface area contributed by atoms with Crippen LogP contribution < -0.4 is 9.47 Å². The van der Waals surface area contributed by atoms with Crippen molar-refractivity contribution in [3.63, 3.8) is 0 Å². The van der Waals surface area contributed by atoms with Crippen LogP contribution in [0.3, 0.4) is 0 Å². The summed E-state index contributed by atoms with van der Waals surface area (Å²) in [5.41, 5.74) is 0.343. The molecule has 0 N–H and O–H groups in total. The van der Waals surface area contributed by atoms with E-state index in [1.165, 1.54) is 12.1 Å². The van der Waals surface area contributed by atoms with Gasteiger partial charge in [-0.3, -0.25) is 0 Å². The predicted octanol–water partition coefficient (Wildman–Crippen LogP) is 3.41. The summed E-state index contributed by atoms with van der Waals surface area (Å²) in [7, 11) is 0. The van der Waals surface area contributed by atoms with Crippen molar-refractivity contribution in [2.24, 2.45) is 0 Å². The van der Waals surface area contributed by atoms with E-state index >= 15 is 0 Å². The molecule has 0 aliphatic heterocycles. The Morgan fingerprint density at radius 2 is 1.08 bits per heavy atom. The summed E-state index contributed by atoms with van der Waals surface area (Å²) in [5, 5.41) is 0. The first-order valence-electron chi connectivity index (χ1n) is 7.54. The lowest BCUT2D eigenvalue weighted by atomic mass is 10.2. The number of carbonyl (C=O) groups excluding carboxylic acids is 2. The standard InChI is InChI=1S/C18H18O6/c1-3-21-15-11-7-5-9-13(15)17(19)23-24-18(20)14-10-6-8-12-16(14)22-4-2/h5-12H,3-4H2,1-2H3. The number of rotatable bonds is 6. The van der Waals surface area contributed by atoms with E-state index in [0.717, 1.165) is 0 Å². The molecule has 6 heteroatoms. The molecule has 2 aromatic rings. The zero-order valence-corrected chi connectivity index (χ0v) is 13.5. The highest BCUT2D eigenvalue weighted by Gasteiger charge is 2.19. The molecular formula is C18H18O6. The Labute approximate surface area is 139 Å². The van der Waals surface area contributed by atoms with Gasteiger partial charge in [-0.15, -0.1) is 0 Å². The summed E-state index contributed by atoms with van der Waals surface area (Å²) in [5.74, 6) is -0.922. The van der Waals surface area contributed by atoms with Gasteiger partial charge in [0.05, 0.1) is 13.2 Å². The Balaban J connectivity index is 2.06. The Morgan fingerprint density at radius 3 is 1.46 bits per heavy atom. The molecule has 0 heterocycles. The summed E-state index contributed by atoms with van der Waals surface area (Å²) < 4.78 is 10.7. The van der Waals surface area contributed by atoms with Crippen LogP contribution in [0.5, 0.6) is 11.5 Å². The maximum atomic E-state index is 12.1. The van der Waals surface area contributed by atoms with Crippen LogP contribution in [0.2, 0.25) is 0 Å². The van der Waals surface area contributed by atoms with Crippen molar-refractivity contribution in [3.05, 3.63) is 59.7 Å². The van der Waals surface area contributed by atoms with E-state index in [9.17, 15) is 9.59 Å². The fourth-order valence-corrected chi connectivity index (χ4v) is 2.00. The molecule has 2 aromatic carbocycles. The lowest BCUT2D eigenvalue weighted by Crippen LogP contribution is -2.14. The van der Waals surface area contributed by atoms with E-state index < -0.39 is 11.9 Å². The van der Waals surface area contributed by atoms with Gasteiger partial charge in [0.15, 0.2) is 0 Å². The van der Waals surface area contributed by atoms with Gasteiger partial charge in [-0.05, 0) is 38.1 Å². The third-order valence-corrected chi connectivity index (χ3v) is 3.01. The first kappa shape index (κ1) is 17.3. The molecule has 24 heavy (non-hydrogen) atoms. The molecule has 126 valence electrons. The first-order valence-corrected chi connectivity index (χ1v) is 7.54. The van der Waals surface area contributed by atoms with Crippen molar-refractivity contribution in [3.8, 4) is 11.5 Å². The SMILES string of the molecule is CCOc1ccccc1C(=O)OOC(=O)c1ccccc1OCC. The lowest BCUT2D eigenvalue weighted by Gasteiger charge is -2.10. The number of benzene rings is 2. The van der Waals surface area contributed by atoms with E-state index in [-0.39, 0.29) is 11.1 Å². The highest BCUT2D eigenvalue weighted by molar-refractivity contribution is 5.95. The van der Waals surface area contributed by atoms with Crippen LogP contribution in [-0.4, -0.2) is 25.2 Å². The third-order valence-electron chi connectivity index (χ3n) is 3.01. The zero-order chi connectivity index (χ0) is 17.4. The van der Waals surface area contributed by atoms with Gasteiger partial charge in [0, 0.05) is 0 Å². The number of para-hydroxylation sites is 2. The van der Waals surface area contributed by atoms with Crippen LogP contribution >= 0.6 is 0 Å². The molecule has 0 aliphatic rings. The molecule has 6 nitrogen and oxygen atoms in total. The van der Waals surface area contributed by atoms with Crippen molar-refractivity contribution in [2.75, 3.05) is 13.2 Å². The van der Waals surface area contributed by atoms with E-state index in [4.69, 9.17) is 9.47 Å². The topological polar surface area (TPSA) is 71.1 Å². The van der Waals surface area contributed by atoms with Gasteiger partial charge in [0.1, 0.15) is 22.6 Å². The maximum absolute atomic E-state index is 12.1. The summed E-state index contributed by atoms with van der Waals surface area (Å²) in [6.07, 6.45) is 0. The van der Waals surface area contributed by atoms with E-state index in [1.54, 1.807) is 50.2 Å². The van der Waals surface area contributed by atoms with Gasteiger partial charge in [0.2, 0.25) is 0 Å². The number of ether oxygens (including phenoxy) is 2. The minimum absolute atomic E-state index is 0.172. The molecule has 2 rings (SSSR count). The normalized spacial score (nSPS) is 9.92. The molecule has 0 aromatic heterocycles. The van der Waals surface area contributed by atoms with Gasteiger partial charge in [-0.2, -0.15) is 0 Å². The fraction of sp³-hybridized carbons (Fsp3) is 0.222. The molecule has 0 bridgehead atoms. The van der Waals surface area contributed by atoms with Gasteiger partial charge >= 0.3 is 11.9 Å². The molecular weight excluding hydrogens is 312 g/mol. The Bertz CT molecular complexity index is 649. The summed E-state index contributed by atoms with van der Waals surface area (Å²) in [4.78, 5) is 33.4. The number of hydrogen-bond acceptors (Lipinski definition) is 6.